The van der Waals surface area contributed by atoms with Crippen molar-refractivity contribution in [1.29, 1.82) is 0 Å². The lowest BCUT2D eigenvalue weighted by Crippen LogP contribution is -2.40. The minimum Gasteiger partial charge on any atom is -0.378 e. The number of carbonyl (C=O) groups is 1. The molecular weight excluding hydrogens is 342 g/mol. The molecule has 4 heterocycles. The van der Waals surface area contributed by atoms with Crippen molar-refractivity contribution in [2.75, 3.05) is 44.3 Å². The van der Waals surface area contributed by atoms with Crippen LogP contribution in [0.5, 0.6) is 0 Å². The van der Waals surface area contributed by atoms with Gasteiger partial charge in [0.05, 0.1) is 24.5 Å². The highest BCUT2D eigenvalue weighted by Crippen LogP contribution is 2.28. The van der Waals surface area contributed by atoms with Gasteiger partial charge in [-0.15, -0.1) is 0 Å². The van der Waals surface area contributed by atoms with Crippen molar-refractivity contribution in [3.05, 3.63) is 47.7 Å². The van der Waals surface area contributed by atoms with Gasteiger partial charge < -0.3 is 14.5 Å². The van der Waals surface area contributed by atoms with E-state index in [4.69, 9.17) is 4.74 Å². The van der Waals surface area contributed by atoms with E-state index in [0.717, 1.165) is 62.8 Å². The van der Waals surface area contributed by atoms with Gasteiger partial charge in [0.2, 0.25) is 0 Å². The Morgan fingerprint density at radius 3 is 2.89 bits per heavy atom. The lowest BCUT2D eigenvalue weighted by Gasteiger charge is -2.33. The van der Waals surface area contributed by atoms with Gasteiger partial charge in [-0.3, -0.25) is 9.78 Å². The van der Waals surface area contributed by atoms with Gasteiger partial charge in [-0.05, 0) is 31.4 Å². The second-order valence-corrected chi connectivity index (χ2v) is 7.18. The maximum atomic E-state index is 12.9. The molecule has 1 atom stereocenters. The first kappa shape index (κ1) is 17.9. The number of hydrogen-bond acceptors (Lipinski definition) is 6. The molecule has 0 aliphatic carbocycles. The molecule has 2 aliphatic rings. The summed E-state index contributed by atoms with van der Waals surface area (Å²) >= 11 is 0. The van der Waals surface area contributed by atoms with Crippen molar-refractivity contribution >= 4 is 11.7 Å². The number of rotatable bonds is 3. The molecule has 0 bridgehead atoms. The van der Waals surface area contributed by atoms with Crippen LogP contribution in [0.1, 0.15) is 40.4 Å². The molecule has 2 saturated heterocycles. The summed E-state index contributed by atoms with van der Waals surface area (Å²) in [5.41, 5.74) is 2.68. The minimum absolute atomic E-state index is 0.0627. The van der Waals surface area contributed by atoms with Crippen LogP contribution in [0.4, 0.5) is 5.82 Å². The second-order valence-electron chi connectivity index (χ2n) is 7.18. The van der Waals surface area contributed by atoms with Crippen molar-refractivity contribution < 1.29 is 9.53 Å². The lowest BCUT2D eigenvalue weighted by molar-refractivity contribution is 0.0704. The van der Waals surface area contributed by atoms with E-state index < -0.39 is 0 Å². The van der Waals surface area contributed by atoms with Crippen LogP contribution in [0.2, 0.25) is 0 Å². The Bertz CT molecular complexity index is 806. The summed E-state index contributed by atoms with van der Waals surface area (Å²) in [7, 11) is 0. The number of aromatic nitrogens is 3. The third kappa shape index (κ3) is 3.93. The summed E-state index contributed by atoms with van der Waals surface area (Å²) in [5, 5.41) is 0. The second kappa shape index (κ2) is 8.00. The Morgan fingerprint density at radius 1 is 1.22 bits per heavy atom. The maximum Gasteiger partial charge on any atom is 0.255 e. The molecule has 7 nitrogen and oxygen atoms in total. The smallest absolute Gasteiger partial charge is 0.255 e. The number of amides is 1. The average molecular weight is 367 g/mol. The third-order valence-electron chi connectivity index (χ3n) is 5.41. The highest BCUT2D eigenvalue weighted by atomic mass is 16.5. The van der Waals surface area contributed by atoms with Gasteiger partial charge >= 0.3 is 0 Å². The molecule has 0 radical (unpaired) electrons. The Balaban J connectivity index is 1.50. The predicted octanol–water partition coefficient (Wildman–Crippen LogP) is 2.04. The van der Waals surface area contributed by atoms with E-state index in [0.29, 0.717) is 12.1 Å². The zero-order valence-corrected chi connectivity index (χ0v) is 15.7. The fourth-order valence-corrected chi connectivity index (χ4v) is 3.81. The fraction of sp³-hybridized carbons (Fsp3) is 0.500. The number of likely N-dealkylation sites (tertiary alicyclic amines) is 1. The number of morpholine rings is 1. The molecule has 0 aromatic carbocycles. The Kier molecular flexibility index (Phi) is 5.29. The van der Waals surface area contributed by atoms with Crippen molar-refractivity contribution in [1.82, 2.24) is 19.9 Å². The number of pyridine rings is 1. The number of ether oxygens (including phenoxy) is 1. The van der Waals surface area contributed by atoms with Crippen molar-refractivity contribution in [3.8, 4) is 0 Å². The summed E-state index contributed by atoms with van der Waals surface area (Å²) in [6.07, 6.45) is 7.05. The topological polar surface area (TPSA) is 71.5 Å². The summed E-state index contributed by atoms with van der Waals surface area (Å²) in [6.45, 7) is 6.59. The van der Waals surface area contributed by atoms with Gasteiger partial charge in [0.1, 0.15) is 12.1 Å². The van der Waals surface area contributed by atoms with Crippen LogP contribution >= 0.6 is 0 Å². The zero-order chi connectivity index (χ0) is 18.6. The highest BCUT2D eigenvalue weighted by molar-refractivity contribution is 5.95. The van der Waals surface area contributed by atoms with Crippen LogP contribution in [-0.2, 0) is 4.74 Å². The Labute approximate surface area is 159 Å². The summed E-state index contributed by atoms with van der Waals surface area (Å²) < 4.78 is 5.43. The average Bonchev–Trinajstić information content (AvgIpc) is 2.74. The Morgan fingerprint density at radius 2 is 2.07 bits per heavy atom. The van der Waals surface area contributed by atoms with E-state index >= 15 is 0 Å². The first-order chi connectivity index (χ1) is 13.2. The van der Waals surface area contributed by atoms with Gasteiger partial charge in [0.25, 0.3) is 5.91 Å². The Hall–Kier alpha value is -2.54. The number of anilines is 1. The molecule has 142 valence electrons. The molecular formula is C20H25N5O2. The molecule has 0 N–H and O–H groups in total. The van der Waals surface area contributed by atoms with Gasteiger partial charge in [-0.2, -0.15) is 0 Å². The van der Waals surface area contributed by atoms with Gasteiger partial charge in [-0.1, -0.05) is 0 Å². The van der Waals surface area contributed by atoms with E-state index in [9.17, 15) is 4.79 Å². The van der Waals surface area contributed by atoms with Crippen LogP contribution in [-0.4, -0.2) is 65.2 Å². The van der Waals surface area contributed by atoms with Gasteiger partial charge in [0, 0.05) is 50.6 Å². The summed E-state index contributed by atoms with van der Waals surface area (Å²) in [5.74, 6) is 1.25. The largest absolute Gasteiger partial charge is 0.378 e. The van der Waals surface area contributed by atoms with Gasteiger partial charge in [0.15, 0.2) is 0 Å². The number of carbonyl (C=O) groups excluding carboxylic acids is 1. The van der Waals surface area contributed by atoms with Crippen LogP contribution in [0, 0.1) is 6.92 Å². The predicted molar refractivity (Wildman–Crippen MR) is 102 cm³/mol. The molecule has 2 aromatic rings. The number of hydrogen-bond donors (Lipinski definition) is 0. The monoisotopic (exact) mass is 367 g/mol. The molecule has 0 unspecified atom stereocenters. The van der Waals surface area contributed by atoms with Crippen LogP contribution in [0.25, 0.3) is 0 Å². The van der Waals surface area contributed by atoms with Crippen molar-refractivity contribution in [2.45, 2.75) is 25.7 Å². The fourth-order valence-electron chi connectivity index (χ4n) is 3.81. The normalized spacial score (nSPS) is 20.6. The molecule has 27 heavy (non-hydrogen) atoms. The zero-order valence-electron chi connectivity index (χ0n) is 15.7. The van der Waals surface area contributed by atoms with Crippen molar-refractivity contribution in [3.63, 3.8) is 0 Å². The van der Waals surface area contributed by atoms with Gasteiger partial charge in [-0.25, -0.2) is 9.97 Å². The molecule has 4 rings (SSSR count). The van der Waals surface area contributed by atoms with Crippen LogP contribution < -0.4 is 4.90 Å². The van der Waals surface area contributed by atoms with E-state index in [2.05, 4.69) is 25.9 Å². The quantitative estimate of drug-likeness (QED) is 0.827. The van der Waals surface area contributed by atoms with E-state index in [1.165, 1.54) is 0 Å². The highest BCUT2D eigenvalue weighted by Gasteiger charge is 2.27. The molecule has 0 saturated carbocycles. The van der Waals surface area contributed by atoms with Crippen LogP contribution in [0.3, 0.4) is 0 Å². The number of piperidine rings is 1. The molecule has 7 heteroatoms. The van der Waals surface area contributed by atoms with Crippen LogP contribution in [0.15, 0.2) is 30.9 Å². The SMILES string of the molecule is Cc1ccncc1C(=O)N1CCC[C@@H](c2cc(N3CCOCC3)ncn2)C1. The third-order valence-corrected chi connectivity index (χ3v) is 5.41. The summed E-state index contributed by atoms with van der Waals surface area (Å²) in [4.78, 5) is 30.2. The molecule has 2 fully saturated rings. The molecule has 2 aromatic heterocycles. The van der Waals surface area contributed by atoms with E-state index in [-0.39, 0.29) is 11.8 Å². The molecule has 1 amide bonds. The number of aryl methyl sites for hydroxylation is 1. The lowest BCUT2D eigenvalue weighted by atomic mass is 9.93. The molecule has 2 aliphatic heterocycles. The number of nitrogens with zero attached hydrogens (tertiary/aromatic N) is 5. The summed E-state index contributed by atoms with van der Waals surface area (Å²) in [6, 6.07) is 3.97. The first-order valence-electron chi connectivity index (χ1n) is 9.57. The minimum atomic E-state index is 0.0627. The standard InChI is InChI=1S/C20H25N5O2/c1-15-4-5-21-12-17(15)20(26)25-6-2-3-16(13-25)18-11-19(23-14-22-18)24-7-9-27-10-8-24/h4-5,11-12,14,16H,2-3,6-10,13H2,1H3/t16-/m1/s1. The maximum absolute atomic E-state index is 12.9. The van der Waals surface area contributed by atoms with Crippen molar-refractivity contribution in [2.24, 2.45) is 0 Å². The molecule has 0 spiro atoms. The first-order valence-corrected chi connectivity index (χ1v) is 9.57. The van der Waals surface area contributed by atoms with E-state index in [1.807, 2.05) is 17.9 Å². The van der Waals surface area contributed by atoms with E-state index in [1.54, 1.807) is 18.7 Å².